The van der Waals surface area contributed by atoms with Crippen molar-refractivity contribution in [2.45, 2.75) is 26.3 Å². The maximum absolute atomic E-state index is 12.1. The minimum atomic E-state index is -0.282. The predicted octanol–water partition coefficient (Wildman–Crippen LogP) is 2.05. The predicted molar refractivity (Wildman–Crippen MR) is 90.0 cm³/mol. The SMILES string of the molecule is Cc1cc(C[C@@H](C)NC(=O)Nc2cnn(-c3ccccn3)c2)n[nH]1. The van der Waals surface area contributed by atoms with Crippen LogP contribution in [0.4, 0.5) is 10.5 Å². The maximum atomic E-state index is 12.1. The molecule has 0 fully saturated rings. The number of carbonyl (C=O) groups excluding carboxylic acids is 1. The Morgan fingerprint density at radius 1 is 1.42 bits per heavy atom. The van der Waals surface area contributed by atoms with E-state index in [1.807, 2.05) is 38.1 Å². The van der Waals surface area contributed by atoms with Gasteiger partial charge in [0.15, 0.2) is 5.82 Å². The van der Waals surface area contributed by atoms with Crippen LogP contribution in [0.2, 0.25) is 0 Å². The molecule has 3 aromatic heterocycles. The molecule has 1 atom stereocenters. The second-order valence-electron chi connectivity index (χ2n) is 5.61. The molecule has 8 heteroatoms. The first-order chi connectivity index (χ1) is 11.6. The number of aromatic nitrogens is 5. The number of carbonyl (C=O) groups is 1. The Balaban J connectivity index is 1.54. The molecule has 0 aliphatic carbocycles. The van der Waals surface area contributed by atoms with E-state index in [9.17, 15) is 4.79 Å². The van der Waals surface area contributed by atoms with Crippen LogP contribution >= 0.6 is 0 Å². The van der Waals surface area contributed by atoms with Gasteiger partial charge in [0.05, 0.1) is 23.8 Å². The van der Waals surface area contributed by atoms with Crippen LogP contribution in [0.3, 0.4) is 0 Å². The van der Waals surface area contributed by atoms with Crippen molar-refractivity contribution < 1.29 is 4.79 Å². The molecule has 0 bridgehead atoms. The lowest BCUT2D eigenvalue weighted by Crippen LogP contribution is -2.37. The first-order valence-electron chi connectivity index (χ1n) is 7.64. The van der Waals surface area contributed by atoms with Gasteiger partial charge in [-0.15, -0.1) is 0 Å². The summed E-state index contributed by atoms with van der Waals surface area (Å²) in [5.74, 6) is 0.688. The maximum Gasteiger partial charge on any atom is 0.319 e. The van der Waals surface area contributed by atoms with Crippen LogP contribution in [-0.2, 0) is 6.42 Å². The monoisotopic (exact) mass is 325 g/mol. The molecule has 0 saturated heterocycles. The zero-order chi connectivity index (χ0) is 16.9. The van der Waals surface area contributed by atoms with E-state index in [0.29, 0.717) is 17.9 Å². The summed E-state index contributed by atoms with van der Waals surface area (Å²) in [6, 6.07) is 7.19. The van der Waals surface area contributed by atoms with Crippen molar-refractivity contribution in [3.05, 3.63) is 54.2 Å². The molecule has 2 amide bonds. The summed E-state index contributed by atoms with van der Waals surface area (Å²) in [5, 5.41) is 16.9. The third-order valence-corrected chi connectivity index (χ3v) is 3.38. The summed E-state index contributed by atoms with van der Waals surface area (Å²) < 4.78 is 1.60. The summed E-state index contributed by atoms with van der Waals surface area (Å²) in [5.41, 5.74) is 2.52. The van der Waals surface area contributed by atoms with E-state index in [-0.39, 0.29) is 12.1 Å². The van der Waals surface area contributed by atoms with Gasteiger partial charge in [0, 0.05) is 24.4 Å². The highest BCUT2D eigenvalue weighted by molar-refractivity contribution is 5.89. The quantitative estimate of drug-likeness (QED) is 0.668. The third-order valence-electron chi connectivity index (χ3n) is 3.38. The van der Waals surface area contributed by atoms with Gasteiger partial charge >= 0.3 is 6.03 Å². The van der Waals surface area contributed by atoms with Crippen molar-refractivity contribution in [2.24, 2.45) is 0 Å². The lowest BCUT2D eigenvalue weighted by molar-refractivity contribution is 0.249. The molecule has 0 radical (unpaired) electrons. The molecular weight excluding hydrogens is 306 g/mol. The van der Waals surface area contributed by atoms with Crippen molar-refractivity contribution in [3.8, 4) is 5.82 Å². The van der Waals surface area contributed by atoms with E-state index in [2.05, 4.69) is 30.9 Å². The summed E-state index contributed by atoms with van der Waals surface area (Å²) in [6.07, 6.45) is 5.64. The average Bonchev–Trinajstić information content (AvgIpc) is 3.17. The Bertz CT molecular complexity index is 809. The van der Waals surface area contributed by atoms with Gasteiger partial charge in [-0.05, 0) is 32.0 Å². The zero-order valence-corrected chi connectivity index (χ0v) is 13.5. The van der Waals surface area contributed by atoms with Gasteiger partial charge in [-0.2, -0.15) is 10.2 Å². The van der Waals surface area contributed by atoms with Crippen molar-refractivity contribution >= 4 is 11.7 Å². The molecule has 0 spiro atoms. The number of pyridine rings is 1. The molecule has 0 aromatic carbocycles. The number of amides is 2. The van der Waals surface area contributed by atoms with Gasteiger partial charge in [0.25, 0.3) is 0 Å². The number of hydrogen-bond acceptors (Lipinski definition) is 4. The number of hydrogen-bond donors (Lipinski definition) is 3. The summed E-state index contributed by atoms with van der Waals surface area (Å²) >= 11 is 0. The normalized spacial score (nSPS) is 11.9. The van der Waals surface area contributed by atoms with Crippen LogP contribution in [0, 0.1) is 6.92 Å². The van der Waals surface area contributed by atoms with E-state index in [1.165, 1.54) is 0 Å². The van der Waals surface area contributed by atoms with Crippen molar-refractivity contribution in [1.29, 1.82) is 0 Å². The minimum Gasteiger partial charge on any atom is -0.335 e. The molecule has 0 aliphatic heterocycles. The van der Waals surface area contributed by atoms with Crippen molar-refractivity contribution in [2.75, 3.05) is 5.32 Å². The number of aromatic amines is 1. The molecule has 124 valence electrons. The van der Waals surface area contributed by atoms with E-state index in [0.717, 1.165) is 11.4 Å². The van der Waals surface area contributed by atoms with Gasteiger partial charge < -0.3 is 10.6 Å². The smallest absolute Gasteiger partial charge is 0.319 e. The fraction of sp³-hybridized carbons (Fsp3) is 0.250. The van der Waals surface area contributed by atoms with Gasteiger partial charge in [-0.25, -0.2) is 14.5 Å². The Kier molecular flexibility index (Phi) is 4.55. The fourth-order valence-electron chi connectivity index (χ4n) is 2.34. The highest BCUT2D eigenvalue weighted by atomic mass is 16.2. The van der Waals surface area contributed by atoms with Crippen molar-refractivity contribution in [3.63, 3.8) is 0 Å². The molecule has 0 aliphatic rings. The molecule has 3 rings (SSSR count). The van der Waals surface area contributed by atoms with Crippen LogP contribution < -0.4 is 10.6 Å². The summed E-state index contributed by atoms with van der Waals surface area (Å²) in [6.45, 7) is 3.88. The van der Waals surface area contributed by atoms with E-state index < -0.39 is 0 Å². The number of nitrogens with one attached hydrogen (secondary N) is 3. The molecule has 3 aromatic rings. The molecular formula is C16H19N7O. The van der Waals surface area contributed by atoms with Crippen LogP contribution in [0.1, 0.15) is 18.3 Å². The van der Waals surface area contributed by atoms with E-state index in [1.54, 1.807) is 23.3 Å². The molecule has 3 N–H and O–H groups in total. The van der Waals surface area contributed by atoms with E-state index in [4.69, 9.17) is 0 Å². The highest BCUT2D eigenvalue weighted by Gasteiger charge is 2.11. The average molecular weight is 325 g/mol. The molecule has 0 saturated carbocycles. The topological polar surface area (TPSA) is 101 Å². The van der Waals surface area contributed by atoms with Crippen LogP contribution in [0.5, 0.6) is 0 Å². The number of urea groups is 1. The Morgan fingerprint density at radius 3 is 3.00 bits per heavy atom. The second kappa shape index (κ2) is 6.95. The highest BCUT2D eigenvalue weighted by Crippen LogP contribution is 2.09. The number of H-pyrrole nitrogens is 1. The lowest BCUT2D eigenvalue weighted by Gasteiger charge is -2.12. The zero-order valence-electron chi connectivity index (χ0n) is 13.5. The third kappa shape index (κ3) is 3.97. The summed E-state index contributed by atoms with van der Waals surface area (Å²) in [4.78, 5) is 16.3. The molecule has 0 unspecified atom stereocenters. The number of nitrogens with zero attached hydrogens (tertiary/aromatic N) is 4. The fourth-order valence-corrected chi connectivity index (χ4v) is 2.34. The van der Waals surface area contributed by atoms with Gasteiger partial charge in [-0.3, -0.25) is 5.10 Å². The first kappa shape index (κ1) is 15.7. The van der Waals surface area contributed by atoms with Crippen molar-refractivity contribution in [1.82, 2.24) is 30.3 Å². The molecule has 3 heterocycles. The van der Waals surface area contributed by atoms with Crippen LogP contribution in [0.25, 0.3) is 5.82 Å². The van der Waals surface area contributed by atoms with Gasteiger partial charge in [-0.1, -0.05) is 6.07 Å². The Hall–Kier alpha value is -3.16. The van der Waals surface area contributed by atoms with E-state index >= 15 is 0 Å². The van der Waals surface area contributed by atoms with Crippen LogP contribution in [0.15, 0.2) is 42.9 Å². The molecule has 24 heavy (non-hydrogen) atoms. The van der Waals surface area contributed by atoms with Crippen LogP contribution in [-0.4, -0.2) is 37.0 Å². The molecule has 8 nitrogen and oxygen atoms in total. The Labute approximate surface area is 139 Å². The standard InChI is InChI=1S/C16H19N7O/c1-11(7-13-8-12(2)21-22-13)19-16(24)20-14-9-18-23(10-14)15-5-3-4-6-17-15/h3-6,8-11H,7H2,1-2H3,(H,21,22)(H2,19,20,24)/t11-/m1/s1. The number of aryl methyl sites for hydroxylation is 1. The second-order valence-corrected chi connectivity index (χ2v) is 5.61. The minimum absolute atomic E-state index is 0.0430. The van der Waals surface area contributed by atoms with Gasteiger partial charge in [0.2, 0.25) is 0 Å². The first-order valence-corrected chi connectivity index (χ1v) is 7.64. The lowest BCUT2D eigenvalue weighted by atomic mass is 10.2. The largest absolute Gasteiger partial charge is 0.335 e. The number of rotatable bonds is 5. The van der Waals surface area contributed by atoms with Gasteiger partial charge in [0.1, 0.15) is 0 Å². The Morgan fingerprint density at radius 2 is 2.29 bits per heavy atom. The number of anilines is 1. The summed E-state index contributed by atoms with van der Waals surface area (Å²) in [7, 11) is 0.